The van der Waals surface area contributed by atoms with E-state index in [1.54, 1.807) is 20.8 Å². The molecule has 0 aliphatic rings. The largest absolute Gasteiger partial charge is 0.591 e. The molecule has 136 valence electrons. The number of halogens is 3. The number of hydrogen-bond acceptors (Lipinski definition) is 4. The Morgan fingerprint density at radius 2 is 1.79 bits per heavy atom. The molecule has 0 aliphatic carbocycles. The van der Waals surface area contributed by atoms with Crippen LogP contribution >= 0.6 is 0 Å². The molecule has 1 aromatic rings. The fraction of sp³-hybridized carbons (Fsp3) is 0.562. The lowest BCUT2D eigenvalue weighted by Gasteiger charge is -2.31. The summed E-state index contributed by atoms with van der Waals surface area (Å²) in [6.07, 6.45) is 0. The Balaban J connectivity index is 3.40. The highest BCUT2D eigenvalue weighted by Crippen LogP contribution is 2.40. The van der Waals surface area contributed by atoms with Crippen LogP contribution in [0.5, 0.6) is 0 Å². The number of aliphatic hydroxyl groups is 2. The van der Waals surface area contributed by atoms with Crippen LogP contribution in [0.15, 0.2) is 22.6 Å². The number of alkyl halides is 2. The lowest BCUT2D eigenvalue weighted by atomic mass is 9.90. The van der Waals surface area contributed by atoms with E-state index >= 15 is 0 Å². The first-order valence-corrected chi connectivity index (χ1v) is 8.34. The molecule has 24 heavy (non-hydrogen) atoms. The van der Waals surface area contributed by atoms with Crippen LogP contribution in [-0.2, 0) is 17.3 Å². The van der Waals surface area contributed by atoms with E-state index in [1.807, 2.05) is 0 Å². The predicted molar refractivity (Wildman–Crippen MR) is 88.1 cm³/mol. The van der Waals surface area contributed by atoms with Gasteiger partial charge in [0.05, 0.1) is 17.9 Å². The van der Waals surface area contributed by atoms with Crippen LogP contribution in [0.3, 0.4) is 0 Å². The maximum Gasteiger partial charge on any atom is 0.306 e. The second-order valence-electron chi connectivity index (χ2n) is 6.71. The molecule has 0 bridgehead atoms. The summed E-state index contributed by atoms with van der Waals surface area (Å²) in [5.41, 5.74) is -4.12. The molecule has 2 atom stereocenters. The molecule has 0 spiro atoms. The van der Waals surface area contributed by atoms with E-state index in [1.165, 1.54) is 19.1 Å². The van der Waals surface area contributed by atoms with Gasteiger partial charge < -0.3 is 14.8 Å². The summed E-state index contributed by atoms with van der Waals surface area (Å²) >= 11 is -1.68. The minimum Gasteiger partial charge on any atom is -0.591 e. The zero-order valence-corrected chi connectivity index (χ0v) is 15.0. The summed E-state index contributed by atoms with van der Waals surface area (Å²) in [7, 11) is 0. The van der Waals surface area contributed by atoms with Crippen LogP contribution < -0.4 is 0 Å². The Kier molecular flexibility index (Phi) is 6.14. The molecular weight excluding hydrogens is 343 g/mol. The van der Waals surface area contributed by atoms with Gasteiger partial charge in [-0.25, -0.2) is 4.39 Å². The fourth-order valence-corrected chi connectivity index (χ4v) is 2.37. The van der Waals surface area contributed by atoms with Crippen LogP contribution in [0.25, 0.3) is 0 Å². The van der Waals surface area contributed by atoms with Crippen LogP contribution in [0.2, 0.25) is 0 Å². The number of rotatable bonds is 5. The van der Waals surface area contributed by atoms with Crippen molar-refractivity contribution in [2.75, 3.05) is 6.61 Å². The van der Waals surface area contributed by atoms with Gasteiger partial charge in [-0.05, 0) is 40.7 Å². The molecule has 0 saturated heterocycles. The second kappa shape index (κ2) is 7.03. The van der Waals surface area contributed by atoms with Crippen molar-refractivity contribution in [2.45, 2.75) is 50.9 Å². The van der Waals surface area contributed by atoms with E-state index in [9.17, 15) is 22.8 Å². The highest BCUT2D eigenvalue weighted by molar-refractivity contribution is 7.91. The van der Waals surface area contributed by atoms with Gasteiger partial charge in [0.15, 0.2) is 5.60 Å². The average molecular weight is 365 g/mol. The molecule has 0 saturated carbocycles. The van der Waals surface area contributed by atoms with Gasteiger partial charge in [0, 0.05) is 5.56 Å². The normalized spacial score (nSPS) is 17.5. The highest BCUT2D eigenvalue weighted by atomic mass is 32.2. The van der Waals surface area contributed by atoms with Crippen molar-refractivity contribution in [3.63, 3.8) is 0 Å². The molecule has 2 unspecified atom stereocenters. The molecule has 8 heteroatoms. The van der Waals surface area contributed by atoms with Gasteiger partial charge in [0.2, 0.25) is 0 Å². The molecule has 0 fully saturated rings. The van der Waals surface area contributed by atoms with E-state index in [0.717, 1.165) is 6.07 Å². The molecule has 0 amide bonds. The van der Waals surface area contributed by atoms with Crippen molar-refractivity contribution < 1.29 is 27.9 Å². The molecule has 0 heterocycles. The number of benzene rings is 1. The van der Waals surface area contributed by atoms with Crippen molar-refractivity contribution >= 4 is 17.1 Å². The predicted octanol–water partition coefficient (Wildman–Crippen LogP) is 2.93. The summed E-state index contributed by atoms with van der Waals surface area (Å²) in [4.78, 5) is 0. The summed E-state index contributed by atoms with van der Waals surface area (Å²) in [5.74, 6) is -5.30. The summed E-state index contributed by atoms with van der Waals surface area (Å²) in [6.45, 7) is 5.88. The van der Waals surface area contributed by atoms with Crippen LogP contribution in [-0.4, -0.2) is 37.4 Å². The molecule has 0 aliphatic heterocycles. The van der Waals surface area contributed by atoms with Gasteiger partial charge in [-0.15, -0.1) is 0 Å². The third kappa shape index (κ3) is 4.11. The topological polar surface area (TPSA) is 75.9 Å². The highest BCUT2D eigenvalue weighted by Gasteiger charge is 2.52. The lowest BCUT2D eigenvalue weighted by molar-refractivity contribution is -0.196. The van der Waals surface area contributed by atoms with Gasteiger partial charge in [-0.2, -0.15) is 8.78 Å². The summed E-state index contributed by atoms with van der Waals surface area (Å²) < 4.78 is 58.5. The second-order valence-corrected chi connectivity index (χ2v) is 8.62. The van der Waals surface area contributed by atoms with Crippen LogP contribution in [0.1, 0.15) is 45.7 Å². The fourth-order valence-electron chi connectivity index (χ4n) is 1.75. The maximum atomic E-state index is 14.6. The number of hydrogen-bond donors (Lipinski definition) is 2. The molecule has 1 rings (SSSR count). The Labute approximate surface area is 142 Å². The quantitative estimate of drug-likeness (QED) is 0.622. The molecule has 1 aromatic carbocycles. The van der Waals surface area contributed by atoms with Gasteiger partial charge in [-0.3, -0.25) is 0 Å². The van der Waals surface area contributed by atoms with Crippen molar-refractivity contribution in [3.05, 3.63) is 35.1 Å². The molecule has 0 radical (unpaired) electrons. The van der Waals surface area contributed by atoms with Crippen molar-refractivity contribution in [1.29, 1.82) is 0 Å². The van der Waals surface area contributed by atoms with Crippen molar-refractivity contribution in [1.82, 2.24) is 0 Å². The third-order valence-corrected chi connectivity index (χ3v) is 4.94. The zero-order chi connectivity index (χ0) is 18.9. The Morgan fingerprint density at radius 1 is 1.25 bits per heavy atom. The minimum absolute atomic E-state index is 0.00190. The minimum atomic E-state index is -4.02. The standard InChI is InChI=1S/C16H22F3NO3S/c1-10(20-24(23)14(2,3)4)11-7-6-8-12(13(11)17)16(18,19)15(5,22)9-21/h6-8,21-22H,9H2,1-5H3/b20-10-. The first-order valence-electron chi connectivity index (χ1n) is 7.23. The van der Waals surface area contributed by atoms with Gasteiger partial charge in [-0.1, -0.05) is 16.5 Å². The number of aliphatic hydroxyl groups excluding tert-OH is 1. The zero-order valence-electron chi connectivity index (χ0n) is 14.2. The van der Waals surface area contributed by atoms with Crippen LogP contribution in [0.4, 0.5) is 13.2 Å². The van der Waals surface area contributed by atoms with E-state index in [4.69, 9.17) is 5.11 Å². The first-order chi connectivity index (χ1) is 10.8. The van der Waals surface area contributed by atoms with Gasteiger partial charge in [0.25, 0.3) is 0 Å². The Hall–Kier alpha value is -1.09. The number of nitrogens with zero attached hydrogens (tertiary/aromatic N) is 1. The third-order valence-electron chi connectivity index (χ3n) is 3.45. The molecule has 2 N–H and O–H groups in total. The molecular formula is C16H22F3NO3S. The van der Waals surface area contributed by atoms with Crippen LogP contribution in [0, 0.1) is 5.82 Å². The van der Waals surface area contributed by atoms with E-state index in [2.05, 4.69) is 4.40 Å². The van der Waals surface area contributed by atoms with Gasteiger partial charge in [0.1, 0.15) is 21.9 Å². The van der Waals surface area contributed by atoms with Crippen molar-refractivity contribution in [2.24, 2.45) is 4.40 Å². The van der Waals surface area contributed by atoms with E-state index in [-0.39, 0.29) is 11.3 Å². The monoisotopic (exact) mass is 365 g/mol. The smallest absolute Gasteiger partial charge is 0.306 e. The maximum absolute atomic E-state index is 14.6. The Morgan fingerprint density at radius 3 is 2.25 bits per heavy atom. The average Bonchev–Trinajstić information content (AvgIpc) is 2.45. The summed E-state index contributed by atoms with van der Waals surface area (Å²) in [5, 5.41) is 18.6. The molecule has 0 aromatic heterocycles. The first kappa shape index (κ1) is 21.0. The van der Waals surface area contributed by atoms with Crippen molar-refractivity contribution in [3.8, 4) is 0 Å². The SMILES string of the molecule is C/C(=N/[S+]([O-])C(C)(C)C)c1cccc(C(F)(F)C(C)(O)CO)c1F. The summed E-state index contributed by atoms with van der Waals surface area (Å²) in [6, 6.07) is 3.26. The molecule has 4 nitrogen and oxygen atoms in total. The van der Waals surface area contributed by atoms with E-state index < -0.39 is 45.6 Å². The Bertz CT molecular complexity index is 627. The van der Waals surface area contributed by atoms with Gasteiger partial charge >= 0.3 is 5.92 Å². The van der Waals surface area contributed by atoms with E-state index in [0.29, 0.717) is 6.92 Å². The lowest BCUT2D eigenvalue weighted by Crippen LogP contribution is -2.47.